The zero-order chi connectivity index (χ0) is 25.0. The number of carbonyl (C=O) groups is 1. The Morgan fingerprint density at radius 1 is 1.11 bits per heavy atom. The van der Waals surface area contributed by atoms with E-state index in [4.69, 9.17) is 5.26 Å². The second kappa shape index (κ2) is 9.61. The molecule has 4 aromatic rings. The summed E-state index contributed by atoms with van der Waals surface area (Å²) in [5, 5.41) is 23.3. The fourth-order valence-corrected chi connectivity index (χ4v) is 3.43. The molecule has 1 heterocycles. The summed E-state index contributed by atoms with van der Waals surface area (Å²) in [6.07, 6.45) is -1.39. The Hall–Kier alpha value is -4.78. The molecule has 0 aliphatic carbocycles. The van der Waals surface area contributed by atoms with Crippen molar-refractivity contribution in [1.82, 2.24) is 9.99 Å². The molecule has 4 rings (SSSR count). The summed E-state index contributed by atoms with van der Waals surface area (Å²) in [6, 6.07) is 18.9. The average Bonchev–Trinajstić information content (AvgIpc) is 3.21. The fraction of sp³-hybridized carbons (Fsp3) is 0.0800. The first-order valence-corrected chi connectivity index (χ1v) is 10.2. The molecule has 0 aliphatic heterocycles. The van der Waals surface area contributed by atoms with Crippen LogP contribution in [-0.2, 0) is 6.54 Å². The van der Waals surface area contributed by atoms with Gasteiger partial charge in [-0.25, -0.2) is 5.43 Å². The number of aromatic hydroxyl groups is 1. The lowest BCUT2D eigenvalue weighted by atomic mass is 10.1. The number of nitrogens with one attached hydrogen (secondary N) is 1. The third kappa shape index (κ3) is 5.78. The van der Waals surface area contributed by atoms with Gasteiger partial charge in [-0.05, 0) is 59.7 Å². The van der Waals surface area contributed by atoms with Gasteiger partial charge < -0.3 is 14.4 Å². The molecule has 2 N–H and O–H groups in total. The van der Waals surface area contributed by atoms with Crippen molar-refractivity contribution in [3.63, 3.8) is 0 Å². The van der Waals surface area contributed by atoms with Crippen molar-refractivity contribution in [1.29, 1.82) is 5.26 Å². The Morgan fingerprint density at radius 3 is 2.60 bits per heavy atom. The zero-order valence-corrected chi connectivity index (χ0v) is 18.0. The minimum absolute atomic E-state index is 0.0119. The largest absolute Gasteiger partial charge is 0.573 e. The van der Waals surface area contributed by atoms with E-state index in [0.717, 1.165) is 22.0 Å². The second-order valence-corrected chi connectivity index (χ2v) is 7.50. The number of nitrogens with zero attached hydrogens (tertiary/aromatic N) is 3. The molecule has 0 unspecified atom stereocenters. The van der Waals surface area contributed by atoms with Crippen molar-refractivity contribution in [2.45, 2.75) is 12.9 Å². The summed E-state index contributed by atoms with van der Waals surface area (Å²) in [5.74, 6) is -1.01. The number of phenolic OH excluding ortho intramolecular Hbond substituents is 1. The molecular weight excluding hydrogens is 461 g/mol. The van der Waals surface area contributed by atoms with Crippen LogP contribution >= 0.6 is 0 Å². The van der Waals surface area contributed by atoms with Crippen LogP contribution in [0.1, 0.15) is 27.0 Å². The standard InChI is InChI=1S/C25H17F3N4O3/c26-25(27,28)35-21-5-1-16(2-6-21)15-32-10-9-18-11-17(3-7-22(18)32)14-30-31-24(34)19-4-8-23(33)20(12-19)13-29/h1-12,14,33H,15H2,(H,31,34). The lowest BCUT2D eigenvalue weighted by Crippen LogP contribution is -2.17. The molecule has 0 fully saturated rings. The number of aromatic nitrogens is 1. The van der Waals surface area contributed by atoms with Crippen molar-refractivity contribution >= 4 is 23.0 Å². The van der Waals surface area contributed by atoms with Crippen molar-refractivity contribution in [2.75, 3.05) is 0 Å². The predicted octanol–water partition coefficient (Wildman–Crippen LogP) is 4.93. The number of phenols is 1. The molecular formula is C25H17F3N4O3. The van der Waals surface area contributed by atoms with E-state index < -0.39 is 12.3 Å². The van der Waals surface area contributed by atoms with E-state index in [9.17, 15) is 23.1 Å². The van der Waals surface area contributed by atoms with E-state index in [1.165, 1.54) is 36.5 Å². The first-order chi connectivity index (χ1) is 16.7. The number of hydrazone groups is 1. The van der Waals surface area contributed by atoms with Crippen LogP contribution in [0.25, 0.3) is 10.9 Å². The molecule has 7 nitrogen and oxygen atoms in total. The third-order valence-electron chi connectivity index (χ3n) is 5.06. The van der Waals surface area contributed by atoms with Crippen molar-refractivity contribution in [3.05, 3.63) is 95.2 Å². The van der Waals surface area contributed by atoms with Crippen LogP contribution < -0.4 is 10.2 Å². The van der Waals surface area contributed by atoms with Gasteiger partial charge in [0.2, 0.25) is 0 Å². The summed E-state index contributed by atoms with van der Waals surface area (Å²) >= 11 is 0. The Balaban J connectivity index is 1.42. The van der Waals surface area contributed by atoms with Gasteiger partial charge in [-0.15, -0.1) is 13.2 Å². The van der Waals surface area contributed by atoms with E-state index in [0.29, 0.717) is 6.54 Å². The van der Waals surface area contributed by atoms with Crippen LogP contribution in [0.5, 0.6) is 11.5 Å². The Labute approximate surface area is 197 Å². The topological polar surface area (TPSA) is 99.6 Å². The number of fused-ring (bicyclic) bond motifs is 1. The lowest BCUT2D eigenvalue weighted by molar-refractivity contribution is -0.274. The van der Waals surface area contributed by atoms with E-state index >= 15 is 0 Å². The van der Waals surface area contributed by atoms with E-state index in [2.05, 4.69) is 15.3 Å². The fourth-order valence-electron chi connectivity index (χ4n) is 3.43. The summed E-state index contributed by atoms with van der Waals surface area (Å²) in [7, 11) is 0. The van der Waals surface area contributed by atoms with E-state index in [1.54, 1.807) is 18.2 Å². The van der Waals surface area contributed by atoms with Gasteiger partial charge in [-0.2, -0.15) is 10.4 Å². The zero-order valence-electron chi connectivity index (χ0n) is 18.0. The maximum Gasteiger partial charge on any atom is 0.573 e. The smallest absolute Gasteiger partial charge is 0.507 e. The van der Waals surface area contributed by atoms with Crippen LogP contribution in [-0.4, -0.2) is 28.2 Å². The molecule has 3 aromatic carbocycles. The van der Waals surface area contributed by atoms with Gasteiger partial charge in [0.1, 0.15) is 17.6 Å². The molecule has 0 spiro atoms. The Kier molecular flexibility index (Phi) is 6.42. The Morgan fingerprint density at radius 2 is 1.89 bits per heavy atom. The number of carbonyl (C=O) groups excluding carboxylic acids is 1. The second-order valence-electron chi connectivity index (χ2n) is 7.50. The maximum atomic E-state index is 12.3. The lowest BCUT2D eigenvalue weighted by Gasteiger charge is -2.10. The van der Waals surface area contributed by atoms with Crippen molar-refractivity contribution in [3.8, 4) is 17.6 Å². The number of halogens is 3. The molecule has 1 amide bonds. The number of alkyl halides is 3. The highest BCUT2D eigenvalue weighted by atomic mass is 19.4. The third-order valence-corrected chi connectivity index (χ3v) is 5.06. The number of hydrogen-bond donors (Lipinski definition) is 2. The quantitative estimate of drug-likeness (QED) is 0.303. The van der Waals surface area contributed by atoms with Gasteiger partial charge in [0.15, 0.2) is 0 Å². The van der Waals surface area contributed by atoms with Crippen molar-refractivity contribution in [2.24, 2.45) is 5.10 Å². The number of rotatable bonds is 6. The summed E-state index contributed by atoms with van der Waals surface area (Å²) in [6.45, 7) is 0.455. The molecule has 35 heavy (non-hydrogen) atoms. The summed E-state index contributed by atoms with van der Waals surface area (Å²) in [5.41, 5.74) is 4.99. The van der Waals surface area contributed by atoms with Crippen LogP contribution in [0.15, 0.2) is 78.0 Å². The first-order valence-electron chi connectivity index (χ1n) is 10.2. The Bertz CT molecular complexity index is 1450. The highest BCUT2D eigenvalue weighted by Gasteiger charge is 2.30. The van der Waals surface area contributed by atoms with E-state index in [1.807, 2.05) is 35.0 Å². The predicted molar refractivity (Wildman–Crippen MR) is 122 cm³/mol. The summed E-state index contributed by atoms with van der Waals surface area (Å²) in [4.78, 5) is 12.2. The molecule has 1 aromatic heterocycles. The van der Waals surface area contributed by atoms with Crippen LogP contribution in [0.2, 0.25) is 0 Å². The normalized spacial score (nSPS) is 11.5. The summed E-state index contributed by atoms with van der Waals surface area (Å²) < 4.78 is 42.8. The van der Waals surface area contributed by atoms with Gasteiger partial charge in [-0.1, -0.05) is 18.2 Å². The number of amides is 1. The van der Waals surface area contributed by atoms with Gasteiger partial charge in [0.05, 0.1) is 11.8 Å². The molecule has 0 aliphatic rings. The average molecular weight is 478 g/mol. The highest BCUT2D eigenvalue weighted by molar-refractivity contribution is 5.96. The molecule has 0 atom stereocenters. The maximum absolute atomic E-state index is 12.3. The van der Waals surface area contributed by atoms with E-state index in [-0.39, 0.29) is 22.6 Å². The minimum atomic E-state index is -4.73. The molecule has 0 saturated carbocycles. The minimum Gasteiger partial charge on any atom is -0.507 e. The molecule has 10 heteroatoms. The molecule has 0 bridgehead atoms. The number of ether oxygens (including phenoxy) is 1. The van der Waals surface area contributed by atoms with Gasteiger partial charge in [0.25, 0.3) is 5.91 Å². The van der Waals surface area contributed by atoms with Crippen LogP contribution in [0, 0.1) is 11.3 Å². The van der Waals surface area contributed by atoms with Crippen molar-refractivity contribution < 1.29 is 27.8 Å². The van der Waals surface area contributed by atoms with Crippen LogP contribution in [0.4, 0.5) is 13.2 Å². The SMILES string of the molecule is N#Cc1cc(C(=O)NN=Cc2ccc3c(ccn3Cc3ccc(OC(F)(F)F)cc3)c2)ccc1O. The first kappa shape index (κ1) is 23.4. The molecule has 176 valence electrons. The van der Waals surface area contributed by atoms with Gasteiger partial charge in [0, 0.05) is 29.2 Å². The highest BCUT2D eigenvalue weighted by Crippen LogP contribution is 2.24. The number of nitriles is 1. The number of hydrogen-bond acceptors (Lipinski definition) is 5. The molecule has 0 saturated heterocycles. The van der Waals surface area contributed by atoms with Gasteiger partial charge >= 0.3 is 6.36 Å². The van der Waals surface area contributed by atoms with Crippen LogP contribution in [0.3, 0.4) is 0 Å². The van der Waals surface area contributed by atoms with Gasteiger partial charge in [-0.3, -0.25) is 4.79 Å². The molecule has 0 radical (unpaired) electrons. The number of benzene rings is 3. The monoisotopic (exact) mass is 478 g/mol.